The summed E-state index contributed by atoms with van der Waals surface area (Å²) in [7, 11) is 0. The number of hydrogen-bond donors (Lipinski definition) is 0. The van der Waals surface area contributed by atoms with Crippen molar-refractivity contribution in [2.24, 2.45) is 0 Å². The van der Waals surface area contributed by atoms with Crippen molar-refractivity contribution in [3.63, 3.8) is 0 Å². The summed E-state index contributed by atoms with van der Waals surface area (Å²) >= 11 is 7.03. The largest absolute Gasteiger partial charge is 0.294 e. The molecule has 1 aromatic carbocycles. The third-order valence-corrected chi connectivity index (χ3v) is 3.80. The fourth-order valence-corrected chi connectivity index (χ4v) is 2.58. The number of rotatable bonds is 4. The van der Waals surface area contributed by atoms with Crippen LogP contribution in [0.2, 0.25) is 5.02 Å². The van der Waals surface area contributed by atoms with Crippen molar-refractivity contribution in [2.75, 3.05) is 0 Å². The maximum absolute atomic E-state index is 12.2. The topological polar surface area (TPSA) is 55.7 Å². The molecule has 0 aliphatic rings. The van der Waals surface area contributed by atoms with E-state index in [1.54, 1.807) is 30.5 Å². The second-order valence-electron chi connectivity index (χ2n) is 4.33. The fraction of sp³-hybridized carbons (Fsp3) is 0.0667. The van der Waals surface area contributed by atoms with Crippen molar-refractivity contribution in [1.29, 1.82) is 0 Å². The van der Waals surface area contributed by atoms with Crippen LogP contribution in [0, 0.1) is 0 Å². The molecule has 3 rings (SSSR count). The third kappa shape index (κ3) is 3.32. The summed E-state index contributed by atoms with van der Waals surface area (Å²) in [6, 6.07) is 12.4. The van der Waals surface area contributed by atoms with Gasteiger partial charge < -0.3 is 0 Å². The second kappa shape index (κ2) is 6.11. The van der Waals surface area contributed by atoms with Gasteiger partial charge in [-0.3, -0.25) is 9.78 Å². The number of Topliss-reactive ketones (excluding diaryl/α,β-unsaturated/α-hetero) is 1. The Kier molecular flexibility index (Phi) is 4.03. The molecule has 6 heteroatoms. The van der Waals surface area contributed by atoms with Crippen molar-refractivity contribution in [3.05, 3.63) is 64.3 Å². The van der Waals surface area contributed by atoms with E-state index in [2.05, 4.69) is 14.3 Å². The molecule has 0 saturated carbocycles. The van der Waals surface area contributed by atoms with Crippen molar-refractivity contribution < 1.29 is 4.79 Å². The number of benzene rings is 1. The number of pyridine rings is 1. The van der Waals surface area contributed by atoms with Gasteiger partial charge in [0.2, 0.25) is 0 Å². The molecule has 0 aliphatic carbocycles. The molecule has 0 bridgehead atoms. The van der Waals surface area contributed by atoms with E-state index in [4.69, 9.17) is 11.6 Å². The first-order valence-corrected chi connectivity index (χ1v) is 7.40. The molecule has 21 heavy (non-hydrogen) atoms. The highest BCUT2D eigenvalue weighted by molar-refractivity contribution is 7.05. The maximum Gasteiger partial charge on any atom is 0.191 e. The number of halogens is 1. The molecule has 0 N–H and O–H groups in total. The van der Waals surface area contributed by atoms with Gasteiger partial charge in [0.25, 0.3) is 0 Å². The van der Waals surface area contributed by atoms with E-state index in [0.29, 0.717) is 27.1 Å². The summed E-state index contributed by atoms with van der Waals surface area (Å²) in [6.07, 6.45) is 1.92. The van der Waals surface area contributed by atoms with Crippen LogP contribution < -0.4 is 0 Å². The molecule has 0 amide bonds. The number of carbonyl (C=O) groups is 1. The van der Waals surface area contributed by atoms with E-state index in [9.17, 15) is 4.79 Å². The van der Waals surface area contributed by atoms with Crippen LogP contribution >= 0.6 is 23.1 Å². The lowest BCUT2D eigenvalue weighted by Crippen LogP contribution is -2.03. The van der Waals surface area contributed by atoms with E-state index in [-0.39, 0.29) is 12.2 Å². The van der Waals surface area contributed by atoms with Crippen LogP contribution in [0.15, 0.2) is 48.7 Å². The van der Waals surface area contributed by atoms with E-state index in [1.165, 1.54) is 11.5 Å². The van der Waals surface area contributed by atoms with Crippen LogP contribution in [-0.4, -0.2) is 20.1 Å². The Morgan fingerprint density at radius 1 is 1.14 bits per heavy atom. The van der Waals surface area contributed by atoms with Gasteiger partial charge in [0.15, 0.2) is 11.6 Å². The summed E-state index contributed by atoms with van der Waals surface area (Å²) in [4.78, 5) is 20.7. The Labute approximate surface area is 130 Å². The van der Waals surface area contributed by atoms with Crippen LogP contribution in [-0.2, 0) is 6.42 Å². The van der Waals surface area contributed by atoms with Crippen LogP contribution in [0.3, 0.4) is 0 Å². The Bertz CT molecular complexity index is 756. The summed E-state index contributed by atoms with van der Waals surface area (Å²) in [5.74, 6) is 0.551. The molecule has 0 saturated heterocycles. The first-order valence-electron chi connectivity index (χ1n) is 6.25. The van der Waals surface area contributed by atoms with Crippen LogP contribution in [0.1, 0.15) is 15.4 Å². The molecule has 0 spiro atoms. The molecule has 4 nitrogen and oxygen atoms in total. The average molecular weight is 316 g/mol. The predicted molar refractivity (Wildman–Crippen MR) is 82.6 cm³/mol. The van der Waals surface area contributed by atoms with Gasteiger partial charge in [-0.1, -0.05) is 17.7 Å². The minimum atomic E-state index is -0.00427. The average Bonchev–Trinajstić information content (AvgIpc) is 2.97. The minimum absolute atomic E-state index is 0.00427. The fourth-order valence-electron chi connectivity index (χ4n) is 1.80. The first-order chi connectivity index (χ1) is 10.2. The predicted octanol–water partition coefficient (Wildman–Crippen LogP) is 3.68. The lowest BCUT2D eigenvalue weighted by Gasteiger charge is -1.98. The van der Waals surface area contributed by atoms with E-state index >= 15 is 0 Å². The Morgan fingerprint density at radius 3 is 2.67 bits per heavy atom. The highest BCUT2D eigenvalue weighted by Crippen LogP contribution is 2.17. The van der Waals surface area contributed by atoms with Crippen molar-refractivity contribution in [1.82, 2.24) is 14.3 Å². The van der Waals surface area contributed by atoms with Gasteiger partial charge in [0.05, 0.1) is 6.42 Å². The molecule has 0 fully saturated rings. The van der Waals surface area contributed by atoms with E-state index < -0.39 is 0 Å². The smallest absolute Gasteiger partial charge is 0.191 e. The molecule has 3 aromatic rings. The van der Waals surface area contributed by atoms with Crippen LogP contribution in [0.5, 0.6) is 0 Å². The monoisotopic (exact) mass is 315 g/mol. The molecule has 0 aliphatic heterocycles. The molecular formula is C15H10ClN3OS. The Balaban J connectivity index is 1.75. The van der Waals surface area contributed by atoms with Gasteiger partial charge in [-0.2, -0.15) is 4.37 Å². The van der Waals surface area contributed by atoms with Crippen LogP contribution in [0.25, 0.3) is 11.5 Å². The highest BCUT2D eigenvalue weighted by Gasteiger charge is 2.12. The summed E-state index contributed by atoms with van der Waals surface area (Å²) in [5, 5.41) is 1.29. The zero-order chi connectivity index (χ0) is 14.7. The number of ketones is 1. The number of carbonyl (C=O) groups excluding carboxylic acids is 1. The van der Waals surface area contributed by atoms with Gasteiger partial charge in [-0.05, 0) is 47.9 Å². The first kappa shape index (κ1) is 13.9. The molecule has 0 atom stereocenters. The Hall–Kier alpha value is -2.11. The maximum atomic E-state index is 12.2. The van der Waals surface area contributed by atoms with Crippen LogP contribution in [0.4, 0.5) is 0 Å². The Morgan fingerprint density at radius 2 is 1.95 bits per heavy atom. The molecule has 0 unspecified atom stereocenters. The van der Waals surface area contributed by atoms with Gasteiger partial charge in [0, 0.05) is 16.8 Å². The van der Waals surface area contributed by atoms with Gasteiger partial charge in [0.1, 0.15) is 10.7 Å². The molecule has 2 aromatic heterocycles. The minimum Gasteiger partial charge on any atom is -0.294 e. The van der Waals surface area contributed by atoms with E-state index in [0.717, 1.165) is 0 Å². The zero-order valence-electron chi connectivity index (χ0n) is 10.9. The summed E-state index contributed by atoms with van der Waals surface area (Å²) < 4.78 is 4.24. The standard InChI is InChI=1S/C15H10ClN3OS/c16-11-6-4-10(5-7-11)13(20)9-14-18-15(19-21-14)12-3-1-2-8-17-12/h1-8H,9H2. The van der Waals surface area contributed by atoms with Gasteiger partial charge in [-0.25, -0.2) is 4.98 Å². The summed E-state index contributed by atoms with van der Waals surface area (Å²) in [6.45, 7) is 0. The third-order valence-electron chi connectivity index (χ3n) is 2.84. The summed E-state index contributed by atoms with van der Waals surface area (Å²) in [5.41, 5.74) is 1.33. The lowest BCUT2D eigenvalue weighted by molar-refractivity contribution is 0.0993. The van der Waals surface area contributed by atoms with Crippen molar-refractivity contribution in [2.45, 2.75) is 6.42 Å². The number of hydrogen-bond acceptors (Lipinski definition) is 5. The number of nitrogens with zero attached hydrogens (tertiary/aromatic N) is 3. The van der Waals surface area contributed by atoms with Gasteiger partial charge >= 0.3 is 0 Å². The van der Waals surface area contributed by atoms with E-state index in [1.807, 2.05) is 18.2 Å². The zero-order valence-corrected chi connectivity index (χ0v) is 12.4. The van der Waals surface area contributed by atoms with Gasteiger partial charge in [-0.15, -0.1) is 0 Å². The lowest BCUT2D eigenvalue weighted by atomic mass is 10.1. The number of aromatic nitrogens is 3. The molecule has 0 radical (unpaired) electrons. The normalized spacial score (nSPS) is 10.5. The highest BCUT2D eigenvalue weighted by atomic mass is 35.5. The quantitative estimate of drug-likeness (QED) is 0.689. The molecule has 104 valence electrons. The second-order valence-corrected chi connectivity index (χ2v) is 5.61. The molecule has 2 heterocycles. The van der Waals surface area contributed by atoms with Crippen molar-refractivity contribution >= 4 is 28.9 Å². The molecular weight excluding hydrogens is 306 g/mol. The van der Waals surface area contributed by atoms with Crippen molar-refractivity contribution in [3.8, 4) is 11.5 Å². The SMILES string of the molecule is O=C(Cc1nc(-c2ccccn2)ns1)c1ccc(Cl)cc1.